The number of thioether (sulfide) groups is 1. The number of benzene rings is 3. The molecule has 5 nitrogen and oxygen atoms in total. The number of hydrogen-bond donors (Lipinski definition) is 1. The zero-order valence-corrected chi connectivity index (χ0v) is 18.4. The van der Waals surface area contributed by atoms with Crippen molar-refractivity contribution in [2.24, 2.45) is 0 Å². The first-order chi connectivity index (χ1) is 15.6. The van der Waals surface area contributed by atoms with E-state index < -0.39 is 0 Å². The van der Waals surface area contributed by atoms with Crippen LogP contribution >= 0.6 is 11.8 Å². The molecular formula is C25H22FN3O2S. The monoisotopic (exact) mass is 447 g/mol. The molecule has 32 heavy (non-hydrogen) atoms. The highest BCUT2D eigenvalue weighted by atomic mass is 32.2. The highest BCUT2D eigenvalue weighted by Gasteiger charge is 2.25. The van der Waals surface area contributed by atoms with Gasteiger partial charge >= 0.3 is 5.97 Å². The summed E-state index contributed by atoms with van der Waals surface area (Å²) in [7, 11) is 1.36. The Kier molecular flexibility index (Phi) is 5.66. The van der Waals surface area contributed by atoms with Crippen LogP contribution in [-0.4, -0.2) is 28.8 Å². The van der Waals surface area contributed by atoms with Gasteiger partial charge in [-0.1, -0.05) is 42.1 Å². The zero-order valence-electron chi connectivity index (χ0n) is 17.6. The summed E-state index contributed by atoms with van der Waals surface area (Å²) in [6.07, 6.45) is 2.73. The van der Waals surface area contributed by atoms with E-state index in [1.807, 2.05) is 6.07 Å². The number of nitrogens with zero attached hydrogens (tertiary/aromatic N) is 2. The van der Waals surface area contributed by atoms with Gasteiger partial charge in [0.25, 0.3) is 0 Å². The highest BCUT2D eigenvalue weighted by Crippen LogP contribution is 2.44. The SMILES string of the molecule is COC(=O)CCSc1nc(Nc2ccc(C3CC3)c3ccccc23)c2ccc(F)cc2n1. The van der Waals surface area contributed by atoms with Crippen LogP contribution in [0.4, 0.5) is 15.9 Å². The third-order valence-corrected chi connectivity index (χ3v) is 6.48. The lowest BCUT2D eigenvalue weighted by atomic mass is 9.99. The minimum absolute atomic E-state index is 0.252. The molecule has 1 fully saturated rings. The molecule has 0 radical (unpaired) electrons. The quantitative estimate of drug-likeness (QED) is 0.207. The fourth-order valence-electron chi connectivity index (χ4n) is 3.88. The van der Waals surface area contributed by atoms with Crippen LogP contribution in [0.25, 0.3) is 21.7 Å². The number of ether oxygens (including phenoxy) is 1. The Morgan fingerprint density at radius 3 is 2.69 bits per heavy atom. The Morgan fingerprint density at radius 1 is 1.09 bits per heavy atom. The lowest BCUT2D eigenvalue weighted by Gasteiger charge is -2.14. The number of carbonyl (C=O) groups excluding carboxylic acids is 1. The van der Waals surface area contributed by atoms with Crippen molar-refractivity contribution in [1.82, 2.24) is 9.97 Å². The molecule has 0 amide bonds. The molecule has 0 bridgehead atoms. The Bertz CT molecular complexity index is 1320. The van der Waals surface area contributed by atoms with E-state index in [1.54, 1.807) is 6.07 Å². The molecule has 0 spiro atoms. The molecule has 4 aromatic rings. The van der Waals surface area contributed by atoms with Gasteiger partial charge in [0.15, 0.2) is 5.16 Å². The van der Waals surface area contributed by atoms with Crippen molar-refractivity contribution in [2.45, 2.75) is 30.3 Å². The second-order valence-electron chi connectivity index (χ2n) is 7.84. The number of fused-ring (bicyclic) bond motifs is 2. The Hall–Kier alpha value is -3.19. The first kappa shape index (κ1) is 20.7. The first-order valence-corrected chi connectivity index (χ1v) is 11.6. The minimum Gasteiger partial charge on any atom is -0.469 e. The van der Waals surface area contributed by atoms with Crippen LogP contribution in [-0.2, 0) is 9.53 Å². The van der Waals surface area contributed by atoms with Crippen molar-refractivity contribution in [2.75, 3.05) is 18.2 Å². The molecule has 0 unspecified atom stereocenters. The number of aromatic nitrogens is 2. The van der Waals surface area contributed by atoms with E-state index in [1.165, 1.54) is 54.8 Å². The standard InChI is InChI=1S/C25H22FN3O2S/c1-31-23(30)12-13-32-25-28-22-14-16(26)8-9-20(22)24(29-25)27-21-11-10-17(15-6-7-15)18-4-2-3-5-19(18)21/h2-5,8-11,14-15H,6-7,12-13H2,1H3,(H,27,28,29). The molecule has 0 aliphatic heterocycles. The van der Waals surface area contributed by atoms with E-state index in [0.717, 1.165) is 16.5 Å². The van der Waals surface area contributed by atoms with Gasteiger partial charge in [0.05, 0.1) is 19.0 Å². The Balaban J connectivity index is 1.53. The molecule has 1 aromatic heterocycles. The van der Waals surface area contributed by atoms with Crippen LogP contribution < -0.4 is 5.32 Å². The van der Waals surface area contributed by atoms with E-state index in [0.29, 0.717) is 28.2 Å². The summed E-state index contributed by atoms with van der Waals surface area (Å²) < 4.78 is 18.6. The molecule has 7 heteroatoms. The average Bonchev–Trinajstić information content (AvgIpc) is 3.64. The molecular weight excluding hydrogens is 425 g/mol. The number of rotatable bonds is 7. The molecule has 5 rings (SSSR count). The Labute approximate surface area is 189 Å². The van der Waals surface area contributed by atoms with Crippen LogP contribution in [0.5, 0.6) is 0 Å². The van der Waals surface area contributed by atoms with Crippen molar-refractivity contribution < 1.29 is 13.9 Å². The fraction of sp³-hybridized carbons (Fsp3) is 0.240. The topological polar surface area (TPSA) is 64.1 Å². The second-order valence-corrected chi connectivity index (χ2v) is 8.90. The molecule has 3 aromatic carbocycles. The maximum atomic E-state index is 13.9. The first-order valence-electron chi connectivity index (χ1n) is 10.6. The van der Waals surface area contributed by atoms with E-state index >= 15 is 0 Å². The van der Waals surface area contributed by atoms with Crippen molar-refractivity contribution in [3.63, 3.8) is 0 Å². The number of anilines is 2. The van der Waals surface area contributed by atoms with Crippen molar-refractivity contribution in [3.8, 4) is 0 Å². The molecule has 1 saturated carbocycles. The maximum Gasteiger partial charge on any atom is 0.306 e. The van der Waals surface area contributed by atoms with Gasteiger partial charge in [-0.15, -0.1) is 0 Å². The zero-order chi connectivity index (χ0) is 22.1. The normalized spacial score (nSPS) is 13.4. The fourth-order valence-corrected chi connectivity index (χ4v) is 4.65. The number of esters is 1. The predicted molar refractivity (Wildman–Crippen MR) is 126 cm³/mol. The number of nitrogens with one attached hydrogen (secondary N) is 1. The van der Waals surface area contributed by atoms with E-state index in [2.05, 4.69) is 40.6 Å². The van der Waals surface area contributed by atoms with Crippen LogP contribution in [0.3, 0.4) is 0 Å². The molecule has 1 aliphatic carbocycles. The number of carbonyl (C=O) groups is 1. The predicted octanol–water partition coefficient (Wildman–Crippen LogP) is 6.20. The van der Waals surface area contributed by atoms with Crippen molar-refractivity contribution in [1.29, 1.82) is 0 Å². The van der Waals surface area contributed by atoms with Crippen LogP contribution in [0.15, 0.2) is 59.8 Å². The second kappa shape index (κ2) is 8.74. The van der Waals surface area contributed by atoms with E-state index in [9.17, 15) is 9.18 Å². The third-order valence-electron chi connectivity index (χ3n) is 5.63. The molecule has 1 heterocycles. The van der Waals surface area contributed by atoms with Crippen LogP contribution in [0, 0.1) is 5.82 Å². The lowest BCUT2D eigenvalue weighted by Crippen LogP contribution is -2.03. The van der Waals surface area contributed by atoms with Gasteiger partial charge in [0, 0.05) is 28.3 Å². The summed E-state index contributed by atoms with van der Waals surface area (Å²) in [5.74, 6) is 1.10. The van der Waals surface area contributed by atoms with Crippen LogP contribution in [0.2, 0.25) is 0 Å². The van der Waals surface area contributed by atoms with Gasteiger partial charge in [-0.25, -0.2) is 14.4 Å². The lowest BCUT2D eigenvalue weighted by molar-refractivity contribution is -0.140. The molecule has 0 atom stereocenters. The van der Waals surface area contributed by atoms with Crippen molar-refractivity contribution in [3.05, 3.63) is 66.0 Å². The molecule has 162 valence electrons. The highest BCUT2D eigenvalue weighted by molar-refractivity contribution is 7.99. The minimum atomic E-state index is -0.355. The summed E-state index contributed by atoms with van der Waals surface area (Å²) in [6, 6.07) is 17.2. The number of methoxy groups -OCH3 is 1. The summed E-state index contributed by atoms with van der Waals surface area (Å²) in [4.78, 5) is 20.6. The van der Waals surface area contributed by atoms with Gasteiger partial charge in [0.1, 0.15) is 11.6 Å². The molecule has 1 aliphatic rings. The summed E-state index contributed by atoms with van der Waals surface area (Å²) in [5, 5.41) is 7.06. The van der Waals surface area contributed by atoms with E-state index in [4.69, 9.17) is 9.72 Å². The summed E-state index contributed by atoms with van der Waals surface area (Å²) in [5.41, 5.74) is 2.85. The average molecular weight is 448 g/mol. The largest absolute Gasteiger partial charge is 0.469 e. The summed E-state index contributed by atoms with van der Waals surface area (Å²) in [6.45, 7) is 0. The van der Waals surface area contributed by atoms with Gasteiger partial charge in [-0.05, 0) is 47.9 Å². The Morgan fingerprint density at radius 2 is 1.91 bits per heavy atom. The number of hydrogen-bond acceptors (Lipinski definition) is 6. The third kappa shape index (κ3) is 4.25. The number of halogens is 1. The molecule has 0 saturated heterocycles. The van der Waals surface area contributed by atoms with Gasteiger partial charge < -0.3 is 10.1 Å². The van der Waals surface area contributed by atoms with Gasteiger partial charge in [0.2, 0.25) is 0 Å². The molecule has 1 N–H and O–H groups in total. The maximum absolute atomic E-state index is 13.9. The van der Waals surface area contributed by atoms with E-state index in [-0.39, 0.29) is 18.2 Å². The smallest absolute Gasteiger partial charge is 0.306 e. The van der Waals surface area contributed by atoms with Gasteiger partial charge in [-0.3, -0.25) is 4.79 Å². The van der Waals surface area contributed by atoms with Crippen LogP contribution in [0.1, 0.15) is 30.7 Å². The summed E-state index contributed by atoms with van der Waals surface area (Å²) >= 11 is 1.34. The van der Waals surface area contributed by atoms with Crippen molar-refractivity contribution >= 4 is 50.9 Å². The van der Waals surface area contributed by atoms with Gasteiger partial charge in [-0.2, -0.15) is 0 Å².